The van der Waals surface area contributed by atoms with Gasteiger partial charge in [0.2, 0.25) is 0 Å². The van der Waals surface area contributed by atoms with E-state index in [-0.39, 0.29) is 22.3 Å². The summed E-state index contributed by atoms with van der Waals surface area (Å²) >= 11 is 0. The number of esters is 2. The molecule has 1 aliphatic heterocycles. The maximum Gasteiger partial charge on any atom is 0.346 e. The molecule has 2 N–H and O–H groups in total. The Balaban J connectivity index is 1.97. The third kappa shape index (κ3) is 2.06. The number of carbonyl (C=O) groups is 4. The second-order valence-electron chi connectivity index (χ2n) is 7.47. The number of hydrogen-bond donors (Lipinski definition) is 2. The summed E-state index contributed by atoms with van der Waals surface area (Å²) in [6.45, 7) is 0. The number of carboxylic acids is 2. The molecule has 0 saturated heterocycles. The molecule has 0 bridgehead atoms. The van der Waals surface area contributed by atoms with E-state index in [2.05, 4.69) is 0 Å². The molecule has 0 radical (unpaired) electrons. The summed E-state index contributed by atoms with van der Waals surface area (Å²) in [6.07, 6.45) is 0. The number of carbonyl (C=O) groups excluding carboxylic acids is 2. The first-order chi connectivity index (χ1) is 14.9. The van der Waals surface area contributed by atoms with E-state index in [9.17, 15) is 29.4 Å². The lowest BCUT2D eigenvalue weighted by Crippen LogP contribution is -2.19. The highest BCUT2D eigenvalue weighted by Crippen LogP contribution is 2.44. The Kier molecular flexibility index (Phi) is 3.10. The van der Waals surface area contributed by atoms with Crippen molar-refractivity contribution in [2.75, 3.05) is 0 Å². The average Bonchev–Trinajstić information content (AvgIpc) is 2.75. The zero-order valence-electron chi connectivity index (χ0n) is 15.6. The van der Waals surface area contributed by atoms with E-state index in [0.29, 0.717) is 37.7 Å². The fourth-order valence-electron chi connectivity index (χ4n) is 4.71. The minimum Gasteiger partial charge on any atom is -0.478 e. The summed E-state index contributed by atoms with van der Waals surface area (Å²) in [4.78, 5) is 48.3. The van der Waals surface area contributed by atoms with Gasteiger partial charge in [0.25, 0.3) is 0 Å². The van der Waals surface area contributed by atoms with Gasteiger partial charge in [-0.15, -0.1) is 0 Å². The third-order valence-electron chi connectivity index (χ3n) is 5.96. The molecule has 0 aromatic heterocycles. The average molecular weight is 410 g/mol. The molecule has 31 heavy (non-hydrogen) atoms. The molecular formula is C24H10O7. The topological polar surface area (TPSA) is 118 Å². The van der Waals surface area contributed by atoms with Gasteiger partial charge in [-0.05, 0) is 68.0 Å². The monoisotopic (exact) mass is 410 g/mol. The van der Waals surface area contributed by atoms with Crippen molar-refractivity contribution >= 4 is 67.0 Å². The van der Waals surface area contributed by atoms with Gasteiger partial charge in [-0.2, -0.15) is 0 Å². The van der Waals surface area contributed by atoms with E-state index >= 15 is 0 Å². The van der Waals surface area contributed by atoms with E-state index in [1.807, 2.05) is 0 Å². The summed E-state index contributed by atoms with van der Waals surface area (Å²) in [5.74, 6) is -3.83. The molecule has 5 aromatic rings. The van der Waals surface area contributed by atoms with Gasteiger partial charge in [-0.25, -0.2) is 19.2 Å². The van der Waals surface area contributed by atoms with E-state index < -0.39 is 23.9 Å². The highest BCUT2D eigenvalue weighted by molar-refractivity contribution is 6.38. The Bertz CT molecular complexity index is 1670. The lowest BCUT2D eigenvalue weighted by molar-refractivity contribution is 0.0390. The zero-order valence-corrected chi connectivity index (χ0v) is 15.6. The predicted molar refractivity (Wildman–Crippen MR) is 111 cm³/mol. The predicted octanol–water partition coefficient (Wildman–Crippen LogP) is 4.44. The van der Waals surface area contributed by atoms with Crippen LogP contribution < -0.4 is 0 Å². The van der Waals surface area contributed by atoms with Crippen LogP contribution in [0.25, 0.3) is 43.1 Å². The molecule has 148 valence electrons. The summed E-state index contributed by atoms with van der Waals surface area (Å²) in [7, 11) is 0. The second-order valence-corrected chi connectivity index (χ2v) is 7.47. The lowest BCUT2D eigenvalue weighted by atomic mass is 9.84. The third-order valence-corrected chi connectivity index (χ3v) is 5.96. The molecule has 7 nitrogen and oxygen atoms in total. The van der Waals surface area contributed by atoms with Gasteiger partial charge in [-0.3, -0.25) is 0 Å². The molecule has 0 spiro atoms. The van der Waals surface area contributed by atoms with E-state index in [0.717, 1.165) is 5.39 Å². The summed E-state index contributed by atoms with van der Waals surface area (Å²) in [6, 6.07) is 12.5. The number of rotatable bonds is 2. The normalized spacial score (nSPS) is 13.4. The van der Waals surface area contributed by atoms with E-state index in [1.165, 1.54) is 18.2 Å². The van der Waals surface area contributed by atoms with Crippen molar-refractivity contribution < 1.29 is 34.1 Å². The molecule has 1 heterocycles. The van der Waals surface area contributed by atoms with Gasteiger partial charge in [0, 0.05) is 5.39 Å². The van der Waals surface area contributed by atoms with Crippen molar-refractivity contribution in [1.29, 1.82) is 0 Å². The molecule has 0 fully saturated rings. The summed E-state index contributed by atoms with van der Waals surface area (Å²) < 4.78 is 4.83. The van der Waals surface area contributed by atoms with Gasteiger partial charge in [-0.1, -0.05) is 18.2 Å². The maximum absolute atomic E-state index is 12.3. The number of hydrogen-bond acceptors (Lipinski definition) is 5. The van der Waals surface area contributed by atoms with Gasteiger partial charge >= 0.3 is 23.9 Å². The number of ether oxygens (including phenoxy) is 1. The fourth-order valence-corrected chi connectivity index (χ4v) is 4.71. The first-order valence-corrected chi connectivity index (χ1v) is 9.31. The minimum atomic E-state index is -1.19. The second kappa shape index (κ2) is 5.54. The Morgan fingerprint density at radius 1 is 0.613 bits per heavy atom. The van der Waals surface area contributed by atoms with Gasteiger partial charge in [0.1, 0.15) is 0 Å². The van der Waals surface area contributed by atoms with Crippen molar-refractivity contribution in [3.05, 3.63) is 70.8 Å². The largest absolute Gasteiger partial charge is 0.478 e. The van der Waals surface area contributed by atoms with Crippen LogP contribution in [0.4, 0.5) is 0 Å². The van der Waals surface area contributed by atoms with Crippen LogP contribution in [-0.4, -0.2) is 34.1 Å². The first kappa shape index (κ1) is 17.3. The number of carboxylic acid groups (broad SMARTS) is 2. The highest BCUT2D eigenvalue weighted by atomic mass is 16.6. The maximum atomic E-state index is 12.3. The highest BCUT2D eigenvalue weighted by Gasteiger charge is 2.30. The SMILES string of the molecule is O=C(O)c1cc2c(C(=O)O)ccc3c4ccc5c6c(ccc(c(c1)c23)c64)C(=O)OC5=O. The van der Waals surface area contributed by atoms with Crippen LogP contribution in [0, 0.1) is 0 Å². The number of benzene rings is 5. The van der Waals surface area contributed by atoms with Gasteiger partial charge in [0.15, 0.2) is 0 Å². The van der Waals surface area contributed by atoms with Crippen molar-refractivity contribution in [3.63, 3.8) is 0 Å². The lowest BCUT2D eigenvalue weighted by Gasteiger charge is -2.21. The zero-order chi connectivity index (χ0) is 21.6. The van der Waals surface area contributed by atoms with Gasteiger partial charge in [0.05, 0.1) is 22.3 Å². The van der Waals surface area contributed by atoms with Crippen molar-refractivity contribution in [1.82, 2.24) is 0 Å². The van der Waals surface area contributed by atoms with E-state index in [4.69, 9.17) is 4.74 Å². The van der Waals surface area contributed by atoms with Crippen molar-refractivity contribution in [2.24, 2.45) is 0 Å². The Hall–Kier alpha value is -4.52. The molecule has 5 aromatic carbocycles. The van der Waals surface area contributed by atoms with Crippen LogP contribution in [0.3, 0.4) is 0 Å². The van der Waals surface area contributed by atoms with Crippen LogP contribution in [0.15, 0.2) is 48.5 Å². The van der Waals surface area contributed by atoms with Crippen LogP contribution in [0.2, 0.25) is 0 Å². The summed E-state index contributed by atoms with van der Waals surface area (Å²) in [5, 5.41) is 23.9. The molecule has 0 amide bonds. The minimum absolute atomic E-state index is 0.00379. The number of fused-ring (bicyclic) bond motifs is 2. The van der Waals surface area contributed by atoms with E-state index in [1.54, 1.807) is 30.3 Å². The standard InChI is InChI=1S/C24H10O7/c25-21(26)9-7-16-12-3-6-15-20-14(23(29)31-24(15)30)5-2-11(19(12)20)10-1-4-13(22(27)28)17(8-9)18(10)16/h1-8H,(H,25,26)(H,27,28). The van der Waals surface area contributed by atoms with Crippen LogP contribution in [-0.2, 0) is 4.74 Å². The Morgan fingerprint density at radius 3 is 1.77 bits per heavy atom. The molecule has 0 saturated carbocycles. The number of aromatic carboxylic acids is 2. The van der Waals surface area contributed by atoms with Crippen LogP contribution in [0.1, 0.15) is 41.4 Å². The van der Waals surface area contributed by atoms with Crippen LogP contribution >= 0.6 is 0 Å². The molecule has 0 unspecified atom stereocenters. The fraction of sp³-hybridized carbons (Fsp3) is 0. The van der Waals surface area contributed by atoms with Crippen molar-refractivity contribution in [2.45, 2.75) is 0 Å². The molecule has 0 aliphatic carbocycles. The summed E-state index contributed by atoms with van der Waals surface area (Å²) in [5.41, 5.74) is 0.454. The Labute approximate surface area is 172 Å². The van der Waals surface area contributed by atoms with Crippen LogP contribution in [0.5, 0.6) is 0 Å². The number of cyclic esters (lactones) is 2. The molecule has 1 aliphatic rings. The quantitative estimate of drug-likeness (QED) is 0.191. The van der Waals surface area contributed by atoms with Crippen molar-refractivity contribution in [3.8, 4) is 0 Å². The van der Waals surface area contributed by atoms with Gasteiger partial charge < -0.3 is 14.9 Å². The molecule has 6 rings (SSSR count). The first-order valence-electron chi connectivity index (χ1n) is 9.31. The molecule has 7 heteroatoms. The Morgan fingerprint density at radius 2 is 1.16 bits per heavy atom. The molecule has 0 atom stereocenters. The smallest absolute Gasteiger partial charge is 0.346 e. The molecular weight excluding hydrogens is 400 g/mol.